The Morgan fingerprint density at radius 2 is 1.80 bits per heavy atom. The van der Waals surface area contributed by atoms with Crippen molar-refractivity contribution in [3.05, 3.63) is 59.7 Å². The number of piperazine rings is 1. The number of hydrogen-bond donors (Lipinski definition) is 0. The number of thioether (sulfide) groups is 1. The van der Waals surface area contributed by atoms with E-state index in [0.29, 0.717) is 26.1 Å². The molecule has 0 N–H and O–H groups in total. The van der Waals surface area contributed by atoms with E-state index in [1.807, 2.05) is 22.8 Å². The van der Waals surface area contributed by atoms with Gasteiger partial charge in [-0.1, -0.05) is 53.7 Å². The van der Waals surface area contributed by atoms with Gasteiger partial charge in [0.1, 0.15) is 0 Å². The Kier molecular flexibility index (Phi) is 7.90. The number of hydrogen-bond acceptors (Lipinski definition) is 5. The molecule has 1 fully saturated rings. The first kappa shape index (κ1) is 25.0. The molecule has 184 valence electrons. The molecule has 4 rings (SSSR count). The van der Waals surface area contributed by atoms with Crippen molar-refractivity contribution < 1.29 is 9.59 Å². The zero-order valence-corrected chi connectivity index (χ0v) is 21.7. The van der Waals surface area contributed by atoms with Crippen LogP contribution < -0.4 is 0 Å². The molecule has 1 aliphatic rings. The van der Waals surface area contributed by atoms with Crippen molar-refractivity contribution in [3.63, 3.8) is 0 Å². The van der Waals surface area contributed by atoms with E-state index in [1.54, 1.807) is 18.7 Å². The van der Waals surface area contributed by atoms with E-state index in [2.05, 4.69) is 71.1 Å². The fraction of sp³-hybridized carbons (Fsp3) is 0.407. The fourth-order valence-electron chi connectivity index (χ4n) is 4.45. The summed E-state index contributed by atoms with van der Waals surface area (Å²) in [6.07, 6.45) is 1.24. The molecule has 0 spiro atoms. The molecule has 1 atom stereocenters. The zero-order chi connectivity index (χ0) is 24.9. The molecular formula is C27H33N5O2S. The quantitative estimate of drug-likeness (QED) is 0.359. The fourth-order valence-corrected chi connectivity index (χ4v) is 5.34. The van der Waals surface area contributed by atoms with E-state index in [-0.39, 0.29) is 17.9 Å². The molecule has 1 saturated heterocycles. The van der Waals surface area contributed by atoms with Gasteiger partial charge >= 0.3 is 0 Å². The average Bonchev–Trinajstić information content (AvgIpc) is 3.25. The predicted molar refractivity (Wildman–Crippen MR) is 140 cm³/mol. The predicted octanol–water partition coefficient (Wildman–Crippen LogP) is 4.50. The molecule has 35 heavy (non-hydrogen) atoms. The van der Waals surface area contributed by atoms with Crippen LogP contribution in [0.15, 0.2) is 53.7 Å². The van der Waals surface area contributed by atoms with Gasteiger partial charge in [-0.15, -0.1) is 10.2 Å². The minimum atomic E-state index is 0.0626. The lowest BCUT2D eigenvalue weighted by Crippen LogP contribution is -2.54. The molecule has 0 aliphatic carbocycles. The van der Waals surface area contributed by atoms with E-state index in [4.69, 9.17) is 0 Å². The van der Waals surface area contributed by atoms with E-state index < -0.39 is 0 Å². The van der Waals surface area contributed by atoms with Crippen LogP contribution in [0.4, 0.5) is 0 Å². The third-order valence-corrected chi connectivity index (χ3v) is 7.37. The van der Waals surface area contributed by atoms with Gasteiger partial charge in [-0.3, -0.25) is 14.2 Å². The van der Waals surface area contributed by atoms with E-state index >= 15 is 0 Å². The highest BCUT2D eigenvalue weighted by Gasteiger charge is 2.27. The second-order valence-corrected chi connectivity index (χ2v) is 10.3. The minimum Gasteiger partial charge on any atom is -0.339 e. The van der Waals surface area contributed by atoms with Gasteiger partial charge in [0.05, 0.1) is 0 Å². The Labute approximate surface area is 211 Å². The molecule has 2 aromatic carbocycles. The number of amides is 2. The number of nitrogens with zero attached hydrogens (tertiary/aromatic N) is 5. The number of carbonyl (C=O) groups is 2. The number of aryl methyl sites for hydroxylation is 2. The SMILES string of the molecule is CC(=O)N1CCN(C(=O)CCCSc2nnc(-c3ccc(C)cc3)n2-c2cccc(C)c2)CC1C. The molecule has 0 bridgehead atoms. The first-order valence-corrected chi connectivity index (χ1v) is 13.1. The van der Waals surface area contributed by atoms with Crippen molar-refractivity contribution >= 4 is 23.6 Å². The van der Waals surface area contributed by atoms with Crippen LogP contribution in [0.25, 0.3) is 17.1 Å². The topological polar surface area (TPSA) is 71.3 Å². The summed E-state index contributed by atoms with van der Waals surface area (Å²) in [4.78, 5) is 28.2. The van der Waals surface area contributed by atoms with Gasteiger partial charge in [0, 0.05) is 56.0 Å². The summed E-state index contributed by atoms with van der Waals surface area (Å²) < 4.78 is 2.10. The van der Waals surface area contributed by atoms with Crippen LogP contribution in [0.5, 0.6) is 0 Å². The molecule has 8 heteroatoms. The standard InChI is InChI=1S/C27H33N5O2S/c1-19-10-12-23(13-11-19)26-28-29-27(32(26)24-8-5-7-20(2)17-24)35-16-6-9-25(34)30-14-15-31(22(4)33)21(3)18-30/h5,7-8,10-13,17,21H,6,9,14-16,18H2,1-4H3. The zero-order valence-electron chi connectivity index (χ0n) is 20.9. The van der Waals surface area contributed by atoms with Gasteiger partial charge in [0.25, 0.3) is 0 Å². The van der Waals surface area contributed by atoms with Crippen LogP contribution in [-0.4, -0.2) is 67.8 Å². The molecule has 7 nitrogen and oxygen atoms in total. The van der Waals surface area contributed by atoms with Crippen molar-refractivity contribution in [1.29, 1.82) is 0 Å². The Morgan fingerprint density at radius 3 is 2.49 bits per heavy atom. The van der Waals surface area contributed by atoms with E-state index in [9.17, 15) is 9.59 Å². The summed E-state index contributed by atoms with van der Waals surface area (Å²) in [5, 5.41) is 9.85. The summed E-state index contributed by atoms with van der Waals surface area (Å²) >= 11 is 1.63. The second-order valence-electron chi connectivity index (χ2n) is 9.20. The van der Waals surface area contributed by atoms with Gasteiger partial charge in [-0.05, 0) is 44.9 Å². The van der Waals surface area contributed by atoms with Gasteiger partial charge in [-0.2, -0.15) is 0 Å². The van der Waals surface area contributed by atoms with E-state index in [0.717, 1.165) is 34.4 Å². The maximum atomic E-state index is 12.8. The number of rotatable bonds is 7. The summed E-state index contributed by atoms with van der Waals surface area (Å²) in [5.41, 5.74) is 4.42. The third-order valence-electron chi connectivity index (χ3n) is 6.35. The van der Waals surface area contributed by atoms with Crippen LogP contribution in [0.2, 0.25) is 0 Å². The maximum absolute atomic E-state index is 12.8. The number of aromatic nitrogens is 3. The molecule has 2 heterocycles. The van der Waals surface area contributed by atoms with Crippen LogP contribution in [0.1, 0.15) is 37.8 Å². The first-order valence-electron chi connectivity index (χ1n) is 12.1. The summed E-state index contributed by atoms with van der Waals surface area (Å²) in [7, 11) is 0. The molecule has 0 saturated carbocycles. The van der Waals surface area contributed by atoms with Gasteiger partial charge in [0.15, 0.2) is 11.0 Å². The number of benzene rings is 2. The highest BCUT2D eigenvalue weighted by atomic mass is 32.2. The lowest BCUT2D eigenvalue weighted by Gasteiger charge is -2.39. The van der Waals surface area contributed by atoms with Crippen LogP contribution in [0, 0.1) is 13.8 Å². The highest BCUT2D eigenvalue weighted by Crippen LogP contribution is 2.29. The monoisotopic (exact) mass is 491 g/mol. The van der Waals surface area contributed by atoms with Crippen LogP contribution in [0.3, 0.4) is 0 Å². The van der Waals surface area contributed by atoms with Gasteiger partial charge < -0.3 is 9.80 Å². The lowest BCUT2D eigenvalue weighted by atomic mass is 10.1. The van der Waals surface area contributed by atoms with Gasteiger partial charge in [-0.25, -0.2) is 0 Å². The van der Waals surface area contributed by atoms with Crippen molar-refractivity contribution in [1.82, 2.24) is 24.6 Å². The Morgan fingerprint density at radius 1 is 1.03 bits per heavy atom. The Hall–Kier alpha value is -3.13. The molecule has 3 aromatic rings. The summed E-state index contributed by atoms with van der Waals surface area (Å²) in [6, 6.07) is 16.7. The third kappa shape index (κ3) is 5.93. The second kappa shape index (κ2) is 11.1. The molecule has 1 aromatic heterocycles. The largest absolute Gasteiger partial charge is 0.339 e. The van der Waals surface area contributed by atoms with Crippen molar-refractivity contribution in [2.24, 2.45) is 0 Å². The summed E-state index contributed by atoms with van der Waals surface area (Å²) in [6.45, 7) is 9.56. The minimum absolute atomic E-state index is 0.0626. The summed E-state index contributed by atoms with van der Waals surface area (Å²) in [5.74, 6) is 1.81. The lowest BCUT2D eigenvalue weighted by molar-refractivity contribution is -0.141. The molecule has 1 aliphatic heterocycles. The van der Waals surface area contributed by atoms with Crippen LogP contribution >= 0.6 is 11.8 Å². The normalized spacial score (nSPS) is 15.9. The Balaban J connectivity index is 1.42. The van der Waals surface area contributed by atoms with Crippen molar-refractivity contribution in [2.45, 2.75) is 51.7 Å². The van der Waals surface area contributed by atoms with Crippen molar-refractivity contribution in [3.8, 4) is 17.1 Å². The van der Waals surface area contributed by atoms with Crippen molar-refractivity contribution in [2.75, 3.05) is 25.4 Å². The molecule has 1 unspecified atom stereocenters. The number of carbonyl (C=O) groups excluding carboxylic acids is 2. The smallest absolute Gasteiger partial charge is 0.222 e. The Bertz CT molecular complexity index is 1190. The van der Waals surface area contributed by atoms with Gasteiger partial charge in [0.2, 0.25) is 11.8 Å². The molecule has 0 radical (unpaired) electrons. The van der Waals surface area contributed by atoms with E-state index in [1.165, 1.54) is 11.1 Å². The molecular weight excluding hydrogens is 458 g/mol. The van der Waals surface area contributed by atoms with Crippen LogP contribution in [-0.2, 0) is 9.59 Å². The highest BCUT2D eigenvalue weighted by molar-refractivity contribution is 7.99. The molecule has 2 amide bonds. The average molecular weight is 492 g/mol. The first-order chi connectivity index (χ1) is 16.8. The maximum Gasteiger partial charge on any atom is 0.222 e.